The van der Waals surface area contributed by atoms with Crippen LogP contribution in [0.2, 0.25) is 0 Å². The maximum absolute atomic E-state index is 5.28. The van der Waals surface area contributed by atoms with Gasteiger partial charge in [0, 0.05) is 27.8 Å². The predicted octanol–water partition coefficient (Wildman–Crippen LogP) is 9.52. The molecule has 0 spiro atoms. The summed E-state index contributed by atoms with van der Waals surface area (Å²) in [4.78, 5) is 15.7. The molecule has 0 fully saturated rings. The van der Waals surface area contributed by atoms with Crippen LogP contribution < -0.4 is 0 Å². The average Bonchev–Trinajstić information content (AvgIpc) is 3.53. The number of rotatable bonds is 6. The van der Waals surface area contributed by atoms with Gasteiger partial charge in [0.2, 0.25) is 0 Å². The Kier molecular flexibility index (Phi) is 6.74. The third-order valence-corrected chi connectivity index (χ3v) is 7.86. The van der Waals surface area contributed by atoms with Crippen molar-refractivity contribution in [2.24, 2.45) is 0 Å². The molecule has 8 rings (SSSR count). The summed E-state index contributed by atoms with van der Waals surface area (Å²) in [5, 5.41) is 5.25. The molecule has 0 aliphatic heterocycles. The van der Waals surface area contributed by atoms with E-state index in [4.69, 9.17) is 20.1 Å². The topological polar surface area (TPSA) is 56.0 Å². The summed E-state index contributed by atoms with van der Waals surface area (Å²) in [7, 11) is 0. The van der Waals surface area contributed by atoms with Gasteiger partial charge in [0.25, 0.3) is 0 Å². The Hall–Kier alpha value is -6.20. The number of benzene rings is 5. The average molecular weight is 578 g/mol. The van der Waals surface area contributed by atoms with Gasteiger partial charge >= 0.3 is 0 Å². The van der Waals surface area contributed by atoms with E-state index >= 15 is 0 Å². The molecule has 5 nitrogen and oxygen atoms in total. The van der Waals surface area contributed by atoms with Crippen LogP contribution in [0.1, 0.15) is 0 Å². The molecule has 0 aliphatic rings. The summed E-state index contributed by atoms with van der Waals surface area (Å²) in [6, 6.07) is 55.4. The molecular weight excluding hydrogens is 550 g/mol. The third-order valence-electron chi connectivity index (χ3n) is 7.86. The van der Waals surface area contributed by atoms with Crippen LogP contribution in [0.25, 0.3) is 73.3 Å². The molecule has 212 valence electrons. The highest BCUT2D eigenvalue weighted by Crippen LogP contribution is 2.38. The smallest absolute Gasteiger partial charge is 0.168 e. The maximum Gasteiger partial charge on any atom is 0.168 e. The van der Waals surface area contributed by atoms with Crippen molar-refractivity contribution >= 4 is 5.65 Å². The summed E-state index contributed by atoms with van der Waals surface area (Å²) in [6.07, 6.45) is 0. The van der Waals surface area contributed by atoms with Crippen LogP contribution in [0, 0.1) is 0 Å². The van der Waals surface area contributed by atoms with Crippen molar-refractivity contribution < 1.29 is 0 Å². The molecule has 8 aromatic rings. The highest BCUT2D eigenvalue weighted by Gasteiger charge is 2.24. The van der Waals surface area contributed by atoms with E-state index in [2.05, 4.69) is 72.8 Å². The first-order valence-corrected chi connectivity index (χ1v) is 14.9. The van der Waals surface area contributed by atoms with Gasteiger partial charge in [-0.15, -0.1) is 0 Å². The van der Waals surface area contributed by atoms with E-state index in [1.807, 2.05) is 95.5 Å². The Morgan fingerprint density at radius 2 is 0.778 bits per heavy atom. The van der Waals surface area contributed by atoms with Gasteiger partial charge < -0.3 is 0 Å². The minimum Gasteiger partial charge on any atom is -0.228 e. The minimum atomic E-state index is 0.570. The van der Waals surface area contributed by atoms with Crippen molar-refractivity contribution in [3.63, 3.8) is 0 Å². The Morgan fingerprint density at radius 3 is 1.24 bits per heavy atom. The second kappa shape index (κ2) is 11.5. The summed E-state index contributed by atoms with van der Waals surface area (Å²) in [5.41, 5.74) is 10.8. The van der Waals surface area contributed by atoms with Crippen LogP contribution in [0.15, 0.2) is 164 Å². The first kappa shape index (κ1) is 26.4. The van der Waals surface area contributed by atoms with E-state index in [1.165, 1.54) is 0 Å². The van der Waals surface area contributed by atoms with Crippen LogP contribution in [-0.4, -0.2) is 24.6 Å². The summed E-state index contributed by atoms with van der Waals surface area (Å²) in [6.45, 7) is 0. The van der Waals surface area contributed by atoms with Gasteiger partial charge in [-0.25, -0.2) is 19.5 Å². The van der Waals surface area contributed by atoms with E-state index in [9.17, 15) is 0 Å². The van der Waals surface area contributed by atoms with Gasteiger partial charge in [0.1, 0.15) is 5.69 Å². The molecule has 3 heterocycles. The molecule has 0 N–H and O–H groups in total. The number of hydrogen-bond acceptors (Lipinski definition) is 4. The lowest BCUT2D eigenvalue weighted by atomic mass is 10.0. The Bertz CT molecular complexity index is 2170. The summed E-state index contributed by atoms with van der Waals surface area (Å²) < 4.78 is 1.94. The number of nitrogens with zero attached hydrogens (tertiary/aromatic N) is 5. The standard InChI is InChI=1S/C40H27N5/c1-6-16-28(17-7-1)33-26-34(29-18-8-2-9-19-29)42-39(41-33)37-38(32-24-14-5-15-25-32)44-45-36(31-22-12-4-13-23-31)27-35(43-40(37)45)30-20-10-3-11-21-30/h1-27H. The molecule has 3 aromatic heterocycles. The minimum absolute atomic E-state index is 0.570. The van der Waals surface area contributed by atoms with Crippen molar-refractivity contribution in [1.29, 1.82) is 0 Å². The number of fused-ring (bicyclic) bond motifs is 1. The van der Waals surface area contributed by atoms with Crippen LogP contribution in [-0.2, 0) is 0 Å². The Morgan fingerprint density at radius 1 is 0.378 bits per heavy atom. The zero-order valence-corrected chi connectivity index (χ0v) is 24.3. The van der Waals surface area contributed by atoms with Crippen molar-refractivity contribution in [3.8, 4) is 67.7 Å². The van der Waals surface area contributed by atoms with E-state index < -0.39 is 0 Å². The van der Waals surface area contributed by atoms with Gasteiger partial charge in [-0.3, -0.25) is 0 Å². The Balaban J connectivity index is 1.49. The fourth-order valence-corrected chi connectivity index (χ4v) is 5.67. The van der Waals surface area contributed by atoms with E-state index in [0.29, 0.717) is 11.5 Å². The van der Waals surface area contributed by atoms with Gasteiger partial charge in [0.05, 0.1) is 28.3 Å². The lowest BCUT2D eigenvalue weighted by Gasteiger charge is -2.11. The molecule has 0 saturated carbocycles. The maximum atomic E-state index is 5.28. The molecule has 5 aromatic carbocycles. The predicted molar refractivity (Wildman–Crippen MR) is 181 cm³/mol. The highest BCUT2D eigenvalue weighted by atomic mass is 15.3. The molecule has 5 heteroatoms. The fourth-order valence-electron chi connectivity index (χ4n) is 5.67. The molecular formula is C40H27N5. The molecule has 0 aliphatic carbocycles. The van der Waals surface area contributed by atoms with Crippen molar-refractivity contribution in [3.05, 3.63) is 164 Å². The van der Waals surface area contributed by atoms with Crippen LogP contribution in [0.4, 0.5) is 0 Å². The molecule has 0 radical (unpaired) electrons. The molecule has 0 amide bonds. The first-order chi connectivity index (χ1) is 22.3. The monoisotopic (exact) mass is 577 g/mol. The third kappa shape index (κ3) is 5.07. The normalized spacial score (nSPS) is 11.1. The van der Waals surface area contributed by atoms with E-state index in [-0.39, 0.29) is 0 Å². The zero-order valence-electron chi connectivity index (χ0n) is 24.3. The first-order valence-electron chi connectivity index (χ1n) is 14.9. The van der Waals surface area contributed by atoms with Gasteiger partial charge in [-0.1, -0.05) is 152 Å². The quantitative estimate of drug-likeness (QED) is 0.197. The fraction of sp³-hybridized carbons (Fsp3) is 0. The van der Waals surface area contributed by atoms with Crippen LogP contribution in [0.5, 0.6) is 0 Å². The lowest BCUT2D eigenvalue weighted by Crippen LogP contribution is -2.00. The van der Waals surface area contributed by atoms with Crippen LogP contribution in [0.3, 0.4) is 0 Å². The lowest BCUT2D eigenvalue weighted by molar-refractivity contribution is 0.953. The SMILES string of the molecule is c1ccc(-c2cc(-c3ccccc3)nc(-c3c(-c4ccccc4)nn4c(-c5ccccc5)cc(-c5ccccc5)nc34)n2)cc1. The summed E-state index contributed by atoms with van der Waals surface area (Å²) in [5.74, 6) is 0.570. The van der Waals surface area contributed by atoms with Crippen molar-refractivity contribution in [1.82, 2.24) is 24.6 Å². The van der Waals surface area contributed by atoms with Gasteiger partial charge in [0.15, 0.2) is 11.5 Å². The summed E-state index contributed by atoms with van der Waals surface area (Å²) >= 11 is 0. The van der Waals surface area contributed by atoms with Crippen LogP contribution >= 0.6 is 0 Å². The molecule has 0 bridgehead atoms. The largest absolute Gasteiger partial charge is 0.228 e. The van der Waals surface area contributed by atoms with Crippen molar-refractivity contribution in [2.45, 2.75) is 0 Å². The highest BCUT2D eigenvalue weighted by molar-refractivity contribution is 5.91. The van der Waals surface area contributed by atoms with Gasteiger partial charge in [-0.05, 0) is 12.1 Å². The molecule has 0 unspecified atom stereocenters. The van der Waals surface area contributed by atoms with E-state index in [0.717, 1.165) is 61.9 Å². The van der Waals surface area contributed by atoms with Gasteiger partial charge in [-0.2, -0.15) is 5.10 Å². The van der Waals surface area contributed by atoms with Crippen molar-refractivity contribution in [2.75, 3.05) is 0 Å². The number of hydrogen-bond donors (Lipinski definition) is 0. The molecule has 0 atom stereocenters. The molecule has 45 heavy (non-hydrogen) atoms. The second-order valence-electron chi connectivity index (χ2n) is 10.8. The number of aromatic nitrogens is 5. The Labute approximate surface area is 261 Å². The molecule has 0 saturated heterocycles. The van der Waals surface area contributed by atoms with E-state index in [1.54, 1.807) is 0 Å². The second-order valence-corrected chi connectivity index (χ2v) is 10.8. The zero-order chi connectivity index (χ0) is 30.0.